The largest absolute Gasteiger partial charge is 0.634 e. The molecule has 0 heterocycles. The minimum atomic E-state index is 0.280. The first-order valence-corrected chi connectivity index (χ1v) is 10.2. The molecule has 134 valence electrons. The predicted octanol–water partition coefficient (Wildman–Crippen LogP) is 5.65. The molecule has 0 aliphatic carbocycles. The van der Waals surface area contributed by atoms with Crippen LogP contribution in [0.2, 0.25) is 0 Å². The molecule has 0 aliphatic heterocycles. The predicted molar refractivity (Wildman–Crippen MR) is 99.3 cm³/mol. The molecule has 0 amide bonds. The second-order valence-corrected chi connectivity index (χ2v) is 7.25. The van der Waals surface area contributed by atoms with Crippen LogP contribution < -0.4 is 5.06 Å². The van der Waals surface area contributed by atoms with E-state index in [9.17, 15) is 5.21 Å². The fraction of sp³-hybridized carbons (Fsp3) is 1.00. The number of quaternary nitrogens is 1. The van der Waals surface area contributed by atoms with Gasteiger partial charge in [-0.15, -0.1) is 0 Å². The molecule has 0 saturated carbocycles. The Morgan fingerprint density at radius 1 is 0.636 bits per heavy atom. The summed E-state index contributed by atoms with van der Waals surface area (Å²) in [6.07, 6.45) is 22.2. The second-order valence-electron chi connectivity index (χ2n) is 7.25. The smallest absolute Gasteiger partial charge is 0.0841 e. The highest BCUT2D eigenvalue weighted by Gasteiger charge is 2.03. The number of unbranched alkanes of at least 4 members (excludes halogenated alkanes) is 14. The Bertz CT molecular complexity index is 206. The first-order valence-electron chi connectivity index (χ1n) is 10.2. The van der Waals surface area contributed by atoms with Crippen molar-refractivity contribution >= 4 is 0 Å². The minimum absolute atomic E-state index is 0.280. The van der Waals surface area contributed by atoms with E-state index in [2.05, 4.69) is 13.8 Å². The Morgan fingerprint density at radius 2 is 0.955 bits per heavy atom. The van der Waals surface area contributed by atoms with Crippen LogP contribution in [-0.2, 0) is 0 Å². The van der Waals surface area contributed by atoms with Crippen LogP contribution in [0, 0.1) is 5.21 Å². The molecule has 0 aliphatic rings. The Morgan fingerprint density at radius 3 is 1.27 bits per heavy atom. The first kappa shape index (κ1) is 21.9. The number of nitrogens with one attached hydrogen (secondary N) is 1. The normalized spacial score (nSPS) is 14.2. The molecule has 0 fully saturated rings. The van der Waals surface area contributed by atoms with Gasteiger partial charge in [0.15, 0.2) is 0 Å². The van der Waals surface area contributed by atoms with Gasteiger partial charge in [-0.3, -0.25) is 0 Å². The molecule has 0 aromatic carbocycles. The lowest BCUT2D eigenvalue weighted by Crippen LogP contribution is -3.07. The van der Waals surface area contributed by atoms with Crippen molar-refractivity contribution in [2.45, 2.75) is 123 Å². The third-order valence-electron chi connectivity index (χ3n) is 4.93. The Labute approximate surface area is 140 Å². The van der Waals surface area contributed by atoms with Crippen LogP contribution in [0.15, 0.2) is 0 Å². The van der Waals surface area contributed by atoms with E-state index in [4.69, 9.17) is 0 Å². The maximum Gasteiger partial charge on any atom is 0.0841 e. The summed E-state index contributed by atoms with van der Waals surface area (Å²) in [4.78, 5) is 0. The van der Waals surface area contributed by atoms with Gasteiger partial charge in [-0.25, -0.2) is 0 Å². The maximum atomic E-state index is 11.1. The third-order valence-corrected chi connectivity index (χ3v) is 4.93. The lowest BCUT2D eigenvalue weighted by molar-refractivity contribution is -0.852. The lowest BCUT2D eigenvalue weighted by atomic mass is 10.0. The summed E-state index contributed by atoms with van der Waals surface area (Å²) in [5.74, 6) is 0. The highest BCUT2D eigenvalue weighted by molar-refractivity contribution is 4.52. The van der Waals surface area contributed by atoms with Gasteiger partial charge < -0.3 is 10.3 Å². The van der Waals surface area contributed by atoms with E-state index in [0.29, 0.717) is 5.06 Å². The number of hydrogen-bond acceptors (Lipinski definition) is 1. The van der Waals surface area contributed by atoms with Crippen molar-refractivity contribution in [3.8, 4) is 0 Å². The van der Waals surface area contributed by atoms with Gasteiger partial charge in [0, 0.05) is 0 Å². The molecule has 0 aromatic heterocycles. The topological polar surface area (TPSA) is 27.5 Å². The van der Waals surface area contributed by atoms with E-state index in [-0.39, 0.29) is 6.04 Å². The molecule has 0 rings (SSSR count). The zero-order chi connectivity index (χ0) is 16.5. The van der Waals surface area contributed by atoms with Crippen molar-refractivity contribution in [3.05, 3.63) is 5.21 Å². The average Bonchev–Trinajstić information content (AvgIpc) is 2.50. The van der Waals surface area contributed by atoms with Crippen LogP contribution in [0.5, 0.6) is 0 Å². The summed E-state index contributed by atoms with van der Waals surface area (Å²) in [7, 11) is 1.72. The Hall–Kier alpha value is -0.0800. The van der Waals surface area contributed by atoms with Crippen LogP contribution in [0.4, 0.5) is 0 Å². The molecule has 2 heteroatoms. The third kappa shape index (κ3) is 16.3. The molecule has 0 aromatic rings. The van der Waals surface area contributed by atoms with Gasteiger partial charge in [0.25, 0.3) is 0 Å². The Kier molecular flexibility index (Phi) is 17.2. The van der Waals surface area contributed by atoms with Gasteiger partial charge in [0.1, 0.15) is 0 Å². The average molecular weight is 314 g/mol. The molecule has 1 N–H and O–H groups in total. The molecular weight excluding hydrogens is 270 g/mol. The molecule has 2 atom stereocenters. The standard InChI is InChI=1S/C20H43NO/c1-4-5-6-7-8-9-10-11-12-13-14-15-16-17-18-19-20(2)21(3)22/h20-21H,4-19H2,1-3H3. The van der Waals surface area contributed by atoms with E-state index < -0.39 is 0 Å². The summed E-state index contributed by atoms with van der Waals surface area (Å²) in [6, 6.07) is 0.280. The van der Waals surface area contributed by atoms with E-state index in [0.717, 1.165) is 6.42 Å². The zero-order valence-electron chi connectivity index (χ0n) is 15.8. The van der Waals surface area contributed by atoms with E-state index in [1.807, 2.05) is 0 Å². The number of hydrogen-bond donors (Lipinski definition) is 1. The second kappa shape index (κ2) is 17.3. The summed E-state index contributed by atoms with van der Waals surface area (Å²) >= 11 is 0. The Balaban J connectivity index is 3.03. The summed E-state index contributed by atoms with van der Waals surface area (Å²) in [5.41, 5.74) is 0. The molecule has 22 heavy (non-hydrogen) atoms. The fourth-order valence-corrected chi connectivity index (χ4v) is 3.03. The van der Waals surface area contributed by atoms with Gasteiger partial charge in [-0.05, 0) is 19.8 Å². The van der Waals surface area contributed by atoms with Crippen molar-refractivity contribution in [2.24, 2.45) is 0 Å². The molecule has 0 spiro atoms. The molecular formula is C20H43NO. The molecule has 2 unspecified atom stereocenters. The van der Waals surface area contributed by atoms with Crippen LogP contribution in [-0.4, -0.2) is 13.1 Å². The summed E-state index contributed by atoms with van der Waals surface area (Å²) in [6.45, 7) is 4.35. The van der Waals surface area contributed by atoms with Gasteiger partial charge in [0.05, 0.1) is 13.1 Å². The molecule has 0 saturated heterocycles. The van der Waals surface area contributed by atoms with E-state index >= 15 is 0 Å². The highest BCUT2D eigenvalue weighted by atomic mass is 16.5. The van der Waals surface area contributed by atoms with E-state index in [1.165, 1.54) is 96.3 Å². The molecule has 2 nitrogen and oxygen atoms in total. The highest BCUT2D eigenvalue weighted by Crippen LogP contribution is 2.13. The first-order chi connectivity index (χ1) is 10.7. The van der Waals surface area contributed by atoms with Gasteiger partial charge in [-0.2, -0.15) is 0 Å². The lowest BCUT2D eigenvalue weighted by Gasteiger charge is -2.24. The van der Waals surface area contributed by atoms with Crippen LogP contribution in [0.25, 0.3) is 0 Å². The minimum Gasteiger partial charge on any atom is -0.634 e. The SMILES string of the molecule is CCCCCCCCCCCCCCCCCC(C)[NH+](C)[O-]. The molecule has 0 radical (unpaired) electrons. The van der Waals surface area contributed by atoms with Crippen molar-refractivity contribution in [3.63, 3.8) is 0 Å². The van der Waals surface area contributed by atoms with Crippen molar-refractivity contribution in [2.75, 3.05) is 7.05 Å². The van der Waals surface area contributed by atoms with Gasteiger partial charge >= 0.3 is 0 Å². The van der Waals surface area contributed by atoms with Crippen molar-refractivity contribution < 1.29 is 5.06 Å². The van der Waals surface area contributed by atoms with Crippen molar-refractivity contribution in [1.82, 2.24) is 0 Å². The maximum absolute atomic E-state index is 11.1. The van der Waals surface area contributed by atoms with Crippen molar-refractivity contribution in [1.29, 1.82) is 0 Å². The number of rotatable bonds is 17. The zero-order valence-corrected chi connectivity index (χ0v) is 15.8. The van der Waals surface area contributed by atoms with Gasteiger partial charge in [-0.1, -0.05) is 96.8 Å². The van der Waals surface area contributed by atoms with E-state index in [1.54, 1.807) is 7.05 Å². The van der Waals surface area contributed by atoms with Crippen LogP contribution >= 0.6 is 0 Å². The fourth-order valence-electron chi connectivity index (χ4n) is 3.03. The van der Waals surface area contributed by atoms with Crippen LogP contribution in [0.1, 0.15) is 117 Å². The van der Waals surface area contributed by atoms with Gasteiger partial charge in [0.2, 0.25) is 0 Å². The molecule has 0 bridgehead atoms. The quantitative estimate of drug-likeness (QED) is 0.273. The monoisotopic (exact) mass is 313 g/mol. The number of hydroxylamine groups is 2. The summed E-state index contributed by atoms with van der Waals surface area (Å²) in [5, 5.41) is 11.5. The van der Waals surface area contributed by atoms with Crippen LogP contribution in [0.3, 0.4) is 0 Å². The summed E-state index contributed by atoms with van der Waals surface area (Å²) < 4.78 is 0.